The number of hydrogen-bond acceptors (Lipinski definition) is 5. The van der Waals surface area contributed by atoms with Crippen molar-refractivity contribution in [2.75, 3.05) is 38.1 Å². The minimum absolute atomic E-state index is 0.209. The van der Waals surface area contributed by atoms with Gasteiger partial charge in [-0.3, -0.25) is 4.79 Å². The Labute approximate surface area is 146 Å². The number of carbonyl (C=O) groups is 1. The fraction of sp³-hybridized carbons (Fsp3) is 0.412. The highest BCUT2D eigenvalue weighted by Crippen LogP contribution is 2.28. The third kappa shape index (κ3) is 3.71. The summed E-state index contributed by atoms with van der Waals surface area (Å²) in [4.78, 5) is 16.8. The summed E-state index contributed by atoms with van der Waals surface area (Å²) in [6.07, 6.45) is 0. The lowest BCUT2D eigenvalue weighted by atomic mass is 10.1. The lowest BCUT2D eigenvalue weighted by Crippen LogP contribution is -2.45. The molecule has 1 aromatic carbocycles. The molecule has 128 valence electrons. The van der Waals surface area contributed by atoms with Gasteiger partial charge in [0.05, 0.1) is 5.69 Å². The van der Waals surface area contributed by atoms with Crippen LogP contribution in [0.5, 0.6) is 0 Å². The van der Waals surface area contributed by atoms with E-state index in [0.29, 0.717) is 17.3 Å². The van der Waals surface area contributed by atoms with E-state index in [1.54, 1.807) is 13.0 Å². The number of likely N-dealkylation sites (N-methyl/N-ethyl adjacent to an activating group) is 1. The molecule has 0 radical (unpaired) electrons. The highest BCUT2D eigenvalue weighted by atomic mass is 35.5. The molecule has 0 bridgehead atoms. The van der Waals surface area contributed by atoms with Gasteiger partial charge in [0.1, 0.15) is 0 Å². The molecule has 0 spiro atoms. The topological polar surface area (TPSA) is 61.6 Å². The molecule has 0 saturated carbocycles. The third-order valence-electron chi connectivity index (χ3n) is 4.22. The number of halogens is 1. The highest BCUT2D eigenvalue weighted by Gasteiger charge is 2.19. The fourth-order valence-corrected chi connectivity index (χ4v) is 3.03. The van der Waals surface area contributed by atoms with E-state index < -0.39 is 0 Å². The van der Waals surface area contributed by atoms with Crippen LogP contribution in [0.4, 0.5) is 5.69 Å². The molecule has 0 unspecified atom stereocenters. The Kier molecular flexibility index (Phi) is 5.06. The zero-order valence-electron chi connectivity index (χ0n) is 13.9. The predicted octanol–water partition coefficient (Wildman–Crippen LogP) is 2.32. The normalized spacial score (nSPS) is 15.5. The number of carbonyl (C=O) groups excluding carboxylic acids is 1. The molecule has 7 heteroatoms. The van der Waals surface area contributed by atoms with Crippen molar-refractivity contribution in [1.29, 1.82) is 0 Å². The minimum Gasteiger partial charge on any atom is -0.369 e. The molecule has 2 heterocycles. The van der Waals surface area contributed by atoms with E-state index >= 15 is 0 Å². The maximum atomic E-state index is 12.2. The third-order valence-corrected chi connectivity index (χ3v) is 4.57. The van der Waals surface area contributed by atoms with E-state index in [0.717, 1.165) is 37.4 Å². The smallest absolute Gasteiger partial charge is 0.290 e. The quantitative estimate of drug-likeness (QED) is 0.918. The molecule has 0 aliphatic carbocycles. The average Bonchev–Trinajstić information content (AvgIpc) is 3.01. The number of anilines is 1. The first kappa shape index (κ1) is 16.8. The number of benzene rings is 1. The van der Waals surface area contributed by atoms with Crippen molar-refractivity contribution < 1.29 is 9.32 Å². The number of nitrogens with one attached hydrogen (secondary N) is 1. The number of rotatable bonds is 4. The first-order valence-corrected chi connectivity index (χ1v) is 8.35. The number of nitrogens with zero attached hydrogens (tertiary/aromatic N) is 3. The molecule has 3 rings (SSSR count). The van der Waals surface area contributed by atoms with Crippen molar-refractivity contribution in [3.05, 3.63) is 46.3 Å². The summed E-state index contributed by atoms with van der Waals surface area (Å²) < 4.78 is 4.99. The first-order chi connectivity index (χ1) is 11.5. The second-order valence-electron chi connectivity index (χ2n) is 6.04. The lowest BCUT2D eigenvalue weighted by Gasteiger charge is -2.35. The SMILES string of the molecule is Cc1cc(C(=O)NCc2c(Cl)cccc2N2CCN(C)CC2)on1. The standard InChI is InChI=1S/C17H21ClN4O2/c1-12-10-16(24-20-12)17(23)19-11-13-14(18)4-3-5-15(13)22-8-6-21(2)7-9-22/h3-5,10H,6-9,11H2,1-2H3,(H,19,23). The highest BCUT2D eigenvalue weighted by molar-refractivity contribution is 6.31. The second-order valence-corrected chi connectivity index (χ2v) is 6.45. The summed E-state index contributed by atoms with van der Waals surface area (Å²) in [6, 6.07) is 7.46. The molecular formula is C17H21ClN4O2. The zero-order valence-corrected chi connectivity index (χ0v) is 14.6. The Morgan fingerprint density at radius 2 is 2.08 bits per heavy atom. The maximum Gasteiger partial charge on any atom is 0.290 e. The summed E-state index contributed by atoms with van der Waals surface area (Å²) in [6.45, 7) is 6.03. The number of aromatic nitrogens is 1. The summed E-state index contributed by atoms with van der Waals surface area (Å²) in [7, 11) is 2.12. The lowest BCUT2D eigenvalue weighted by molar-refractivity contribution is 0.0914. The Morgan fingerprint density at radius 1 is 1.33 bits per heavy atom. The van der Waals surface area contributed by atoms with Crippen LogP contribution in [0.1, 0.15) is 21.8 Å². The van der Waals surface area contributed by atoms with Crippen molar-refractivity contribution in [2.24, 2.45) is 0 Å². The Hall–Kier alpha value is -2.05. The monoisotopic (exact) mass is 348 g/mol. The van der Waals surface area contributed by atoms with Gasteiger partial charge >= 0.3 is 0 Å². The first-order valence-electron chi connectivity index (χ1n) is 7.97. The Bertz CT molecular complexity index is 723. The Balaban J connectivity index is 1.74. The van der Waals surface area contributed by atoms with Crippen LogP contribution in [0, 0.1) is 6.92 Å². The van der Waals surface area contributed by atoms with Gasteiger partial charge in [0.25, 0.3) is 5.91 Å². The van der Waals surface area contributed by atoms with Crippen molar-refractivity contribution in [3.8, 4) is 0 Å². The van der Waals surface area contributed by atoms with Crippen molar-refractivity contribution >= 4 is 23.2 Å². The van der Waals surface area contributed by atoms with Gasteiger partial charge < -0.3 is 19.6 Å². The van der Waals surface area contributed by atoms with E-state index in [-0.39, 0.29) is 11.7 Å². The number of piperazine rings is 1. The molecule has 1 aliphatic rings. The average molecular weight is 349 g/mol. The predicted molar refractivity (Wildman–Crippen MR) is 93.6 cm³/mol. The van der Waals surface area contributed by atoms with Gasteiger partial charge in [-0.15, -0.1) is 0 Å². The van der Waals surface area contributed by atoms with E-state index in [1.807, 2.05) is 12.1 Å². The van der Waals surface area contributed by atoms with E-state index in [9.17, 15) is 4.79 Å². The molecule has 1 saturated heterocycles. The van der Waals surface area contributed by atoms with Crippen LogP contribution in [0.3, 0.4) is 0 Å². The molecule has 1 N–H and O–H groups in total. The van der Waals surface area contributed by atoms with Crippen molar-refractivity contribution in [2.45, 2.75) is 13.5 Å². The number of amides is 1. The molecule has 1 aliphatic heterocycles. The summed E-state index contributed by atoms with van der Waals surface area (Å²) in [5.74, 6) is -0.0828. The maximum absolute atomic E-state index is 12.2. The van der Waals surface area contributed by atoms with Gasteiger partial charge in [-0.05, 0) is 26.1 Å². The van der Waals surface area contributed by atoms with Gasteiger partial charge in [0.2, 0.25) is 5.76 Å². The van der Waals surface area contributed by atoms with Crippen LogP contribution in [-0.4, -0.2) is 49.2 Å². The van der Waals surface area contributed by atoms with Gasteiger partial charge in [-0.1, -0.05) is 22.8 Å². The molecule has 6 nitrogen and oxygen atoms in total. The minimum atomic E-state index is -0.292. The van der Waals surface area contributed by atoms with Crippen LogP contribution in [-0.2, 0) is 6.54 Å². The van der Waals surface area contributed by atoms with Crippen LogP contribution >= 0.6 is 11.6 Å². The zero-order chi connectivity index (χ0) is 17.1. The molecular weight excluding hydrogens is 328 g/mol. The van der Waals surface area contributed by atoms with Crippen LogP contribution < -0.4 is 10.2 Å². The summed E-state index contributed by atoms with van der Waals surface area (Å²) in [5, 5.41) is 7.25. The summed E-state index contributed by atoms with van der Waals surface area (Å²) in [5.41, 5.74) is 2.67. The van der Waals surface area contributed by atoms with Crippen LogP contribution in [0.2, 0.25) is 5.02 Å². The van der Waals surface area contributed by atoms with Gasteiger partial charge in [-0.2, -0.15) is 0 Å². The molecule has 24 heavy (non-hydrogen) atoms. The van der Waals surface area contributed by atoms with Crippen molar-refractivity contribution in [3.63, 3.8) is 0 Å². The summed E-state index contributed by atoms with van der Waals surface area (Å²) >= 11 is 6.39. The van der Waals surface area contributed by atoms with Crippen LogP contribution in [0.25, 0.3) is 0 Å². The molecule has 2 aromatic rings. The second kappa shape index (κ2) is 7.23. The van der Waals surface area contributed by atoms with E-state index in [2.05, 4.69) is 33.4 Å². The largest absolute Gasteiger partial charge is 0.369 e. The molecule has 1 fully saturated rings. The van der Waals surface area contributed by atoms with E-state index in [4.69, 9.17) is 16.1 Å². The van der Waals surface area contributed by atoms with Crippen LogP contribution in [0.15, 0.2) is 28.8 Å². The number of aryl methyl sites for hydroxylation is 1. The Morgan fingerprint density at radius 3 is 2.75 bits per heavy atom. The van der Waals surface area contributed by atoms with Gasteiger partial charge in [0, 0.05) is 55.1 Å². The van der Waals surface area contributed by atoms with E-state index in [1.165, 1.54) is 0 Å². The number of hydrogen-bond donors (Lipinski definition) is 1. The van der Waals surface area contributed by atoms with Gasteiger partial charge in [0.15, 0.2) is 0 Å². The van der Waals surface area contributed by atoms with Crippen molar-refractivity contribution in [1.82, 2.24) is 15.4 Å². The van der Waals surface area contributed by atoms with Gasteiger partial charge in [-0.25, -0.2) is 0 Å². The molecule has 1 amide bonds. The molecule has 1 aromatic heterocycles. The fourth-order valence-electron chi connectivity index (χ4n) is 2.79. The molecule has 0 atom stereocenters.